The molecule has 1 atom stereocenters. The van der Waals surface area contributed by atoms with E-state index in [9.17, 15) is 9.90 Å². The molecule has 0 aromatic carbocycles. The number of nitrogens with one attached hydrogen (secondary N) is 1. The van der Waals surface area contributed by atoms with Gasteiger partial charge < -0.3 is 10.4 Å². The van der Waals surface area contributed by atoms with Crippen LogP contribution < -0.4 is 5.32 Å². The molecule has 0 bridgehead atoms. The summed E-state index contributed by atoms with van der Waals surface area (Å²) in [4.78, 5) is 15.4. The van der Waals surface area contributed by atoms with Gasteiger partial charge in [-0.2, -0.15) is 0 Å². The van der Waals surface area contributed by atoms with Crippen LogP contribution in [-0.2, 0) is 0 Å². The van der Waals surface area contributed by atoms with Crippen molar-refractivity contribution in [3.8, 4) is 0 Å². The number of nitrogens with zero attached hydrogens (tertiary/aromatic N) is 1. The van der Waals surface area contributed by atoms with Crippen molar-refractivity contribution in [3.05, 3.63) is 16.6 Å². The molecule has 0 unspecified atom stereocenters. The lowest BCUT2D eigenvalue weighted by atomic mass is 10.0. The van der Waals surface area contributed by atoms with Crippen LogP contribution in [0.3, 0.4) is 0 Å². The largest absolute Gasteiger partial charge is 0.388 e. The maximum atomic E-state index is 11.5. The van der Waals surface area contributed by atoms with Crippen molar-refractivity contribution in [3.63, 3.8) is 0 Å². The summed E-state index contributed by atoms with van der Waals surface area (Å²) >= 11 is 1.28. The molecule has 78 valence electrons. The maximum Gasteiger partial charge on any atom is 0.280 e. The summed E-state index contributed by atoms with van der Waals surface area (Å²) in [5, 5.41) is 14.4. The lowest BCUT2D eigenvalue weighted by molar-refractivity contribution is 0.0409. The molecule has 5 heteroatoms. The molecule has 0 aliphatic carbocycles. The van der Waals surface area contributed by atoms with E-state index >= 15 is 0 Å². The number of amides is 1. The molecule has 0 aliphatic heterocycles. The van der Waals surface area contributed by atoms with Gasteiger partial charge in [-0.05, 0) is 20.8 Å². The summed E-state index contributed by atoms with van der Waals surface area (Å²) in [6, 6.07) is -0.307. The monoisotopic (exact) mass is 214 g/mol. The fourth-order valence-corrected chi connectivity index (χ4v) is 1.31. The summed E-state index contributed by atoms with van der Waals surface area (Å²) in [7, 11) is 0. The van der Waals surface area contributed by atoms with Crippen LogP contribution in [0, 0.1) is 0 Å². The lowest BCUT2D eigenvalue weighted by Gasteiger charge is -2.26. The molecule has 1 aromatic rings. The smallest absolute Gasteiger partial charge is 0.280 e. The highest BCUT2D eigenvalue weighted by molar-refractivity contribution is 7.11. The van der Waals surface area contributed by atoms with Crippen LogP contribution in [-0.4, -0.2) is 27.6 Å². The number of carbonyl (C=O) groups is 1. The third kappa shape index (κ3) is 2.78. The minimum atomic E-state index is -0.924. The van der Waals surface area contributed by atoms with Crippen LogP contribution >= 0.6 is 11.3 Å². The Bertz CT molecular complexity index is 303. The van der Waals surface area contributed by atoms with Crippen molar-refractivity contribution in [2.24, 2.45) is 0 Å². The van der Waals surface area contributed by atoms with Crippen LogP contribution in [0.25, 0.3) is 0 Å². The fourth-order valence-electron chi connectivity index (χ4n) is 0.771. The van der Waals surface area contributed by atoms with Crippen molar-refractivity contribution in [1.29, 1.82) is 0 Å². The highest BCUT2D eigenvalue weighted by Crippen LogP contribution is 2.09. The van der Waals surface area contributed by atoms with E-state index in [-0.39, 0.29) is 11.9 Å². The number of rotatable bonds is 3. The standard InChI is InChI=1S/C9H14N2O2S/c1-6(9(2,3)13)11-7(12)8-10-4-5-14-8/h4-6,13H,1-3H3,(H,11,12)/t6-/m0/s1. The molecule has 0 aliphatic rings. The quantitative estimate of drug-likeness (QED) is 0.790. The predicted molar refractivity (Wildman–Crippen MR) is 55.3 cm³/mol. The normalized spacial score (nSPS) is 13.7. The summed E-state index contributed by atoms with van der Waals surface area (Å²) in [6.45, 7) is 5.06. The molecule has 1 rings (SSSR count). The Morgan fingerprint density at radius 2 is 2.36 bits per heavy atom. The van der Waals surface area contributed by atoms with E-state index in [0.717, 1.165) is 0 Å². The fraction of sp³-hybridized carbons (Fsp3) is 0.556. The van der Waals surface area contributed by atoms with Crippen molar-refractivity contribution >= 4 is 17.2 Å². The Kier molecular flexibility index (Phi) is 3.23. The molecule has 1 amide bonds. The zero-order valence-corrected chi connectivity index (χ0v) is 9.26. The Labute approximate surface area is 87.0 Å². The zero-order valence-electron chi connectivity index (χ0n) is 8.44. The van der Waals surface area contributed by atoms with Crippen LogP contribution in [0.4, 0.5) is 0 Å². The molecular formula is C9H14N2O2S. The minimum Gasteiger partial charge on any atom is -0.388 e. The number of aromatic nitrogens is 1. The first-order chi connectivity index (χ1) is 6.41. The van der Waals surface area contributed by atoms with Gasteiger partial charge in [-0.25, -0.2) is 4.98 Å². The summed E-state index contributed by atoms with van der Waals surface area (Å²) < 4.78 is 0. The van der Waals surface area contributed by atoms with E-state index in [1.807, 2.05) is 0 Å². The first-order valence-electron chi connectivity index (χ1n) is 4.34. The van der Waals surface area contributed by atoms with E-state index < -0.39 is 5.60 Å². The topological polar surface area (TPSA) is 62.2 Å². The summed E-state index contributed by atoms with van der Waals surface area (Å²) in [6.07, 6.45) is 1.58. The van der Waals surface area contributed by atoms with Gasteiger partial charge in [-0.1, -0.05) is 0 Å². The van der Waals surface area contributed by atoms with Gasteiger partial charge in [0.1, 0.15) is 0 Å². The second-order valence-electron chi connectivity index (χ2n) is 3.69. The number of hydrogen-bond acceptors (Lipinski definition) is 4. The van der Waals surface area contributed by atoms with Gasteiger partial charge in [0.25, 0.3) is 5.91 Å². The summed E-state index contributed by atoms with van der Waals surface area (Å²) in [5.41, 5.74) is -0.924. The number of carbonyl (C=O) groups excluding carboxylic acids is 1. The van der Waals surface area contributed by atoms with Crippen LogP contribution in [0.2, 0.25) is 0 Å². The van der Waals surface area contributed by atoms with Gasteiger partial charge in [-0.15, -0.1) is 11.3 Å². The lowest BCUT2D eigenvalue weighted by Crippen LogP contribution is -2.47. The van der Waals surface area contributed by atoms with Crippen LogP contribution in [0.1, 0.15) is 30.6 Å². The molecule has 0 spiro atoms. The van der Waals surface area contributed by atoms with Crippen LogP contribution in [0.15, 0.2) is 11.6 Å². The number of aliphatic hydroxyl groups is 1. The van der Waals surface area contributed by atoms with E-state index in [1.165, 1.54) is 11.3 Å². The molecule has 14 heavy (non-hydrogen) atoms. The van der Waals surface area contributed by atoms with E-state index in [1.54, 1.807) is 32.3 Å². The first kappa shape index (κ1) is 11.1. The number of thiazole rings is 1. The molecular weight excluding hydrogens is 200 g/mol. The third-order valence-corrected chi connectivity index (χ3v) is 2.81. The van der Waals surface area contributed by atoms with Gasteiger partial charge in [0.15, 0.2) is 5.01 Å². The zero-order chi connectivity index (χ0) is 10.8. The Morgan fingerprint density at radius 3 is 2.79 bits per heavy atom. The molecule has 0 radical (unpaired) electrons. The molecule has 1 aromatic heterocycles. The highest BCUT2D eigenvalue weighted by Gasteiger charge is 2.24. The molecule has 0 saturated carbocycles. The Balaban J connectivity index is 2.58. The van der Waals surface area contributed by atoms with Gasteiger partial charge >= 0.3 is 0 Å². The Morgan fingerprint density at radius 1 is 1.71 bits per heavy atom. The number of hydrogen-bond donors (Lipinski definition) is 2. The maximum absolute atomic E-state index is 11.5. The van der Waals surface area contributed by atoms with Crippen molar-refractivity contribution < 1.29 is 9.90 Å². The average molecular weight is 214 g/mol. The van der Waals surface area contributed by atoms with Gasteiger partial charge in [-0.3, -0.25) is 4.79 Å². The minimum absolute atomic E-state index is 0.241. The first-order valence-corrected chi connectivity index (χ1v) is 5.22. The van der Waals surface area contributed by atoms with E-state index in [0.29, 0.717) is 5.01 Å². The Hall–Kier alpha value is -0.940. The predicted octanol–water partition coefficient (Wildman–Crippen LogP) is 1.03. The second-order valence-corrected chi connectivity index (χ2v) is 4.58. The summed E-state index contributed by atoms with van der Waals surface area (Å²) in [5.74, 6) is -0.241. The molecule has 0 saturated heterocycles. The van der Waals surface area contributed by atoms with Gasteiger partial charge in [0.05, 0.1) is 11.6 Å². The molecule has 1 heterocycles. The van der Waals surface area contributed by atoms with E-state index in [2.05, 4.69) is 10.3 Å². The van der Waals surface area contributed by atoms with Crippen molar-refractivity contribution in [1.82, 2.24) is 10.3 Å². The third-order valence-electron chi connectivity index (χ3n) is 2.03. The van der Waals surface area contributed by atoms with Crippen molar-refractivity contribution in [2.75, 3.05) is 0 Å². The van der Waals surface area contributed by atoms with Crippen molar-refractivity contribution in [2.45, 2.75) is 32.4 Å². The van der Waals surface area contributed by atoms with Gasteiger partial charge in [0, 0.05) is 11.6 Å². The van der Waals surface area contributed by atoms with E-state index in [4.69, 9.17) is 0 Å². The highest BCUT2D eigenvalue weighted by atomic mass is 32.1. The molecule has 0 fully saturated rings. The molecule has 4 nitrogen and oxygen atoms in total. The molecule has 2 N–H and O–H groups in total. The average Bonchev–Trinajstić information content (AvgIpc) is 2.53. The second kappa shape index (κ2) is 4.06. The van der Waals surface area contributed by atoms with Gasteiger partial charge in [0.2, 0.25) is 0 Å². The SMILES string of the molecule is C[C@H](NC(=O)c1nccs1)C(C)(C)O. The van der Waals surface area contributed by atoms with Crippen LogP contribution in [0.5, 0.6) is 0 Å².